The SMILES string of the molecule is Cc1cc(OCC(C)C)c[nH]1. The van der Waals surface area contributed by atoms with Crippen LogP contribution in [0.3, 0.4) is 0 Å². The van der Waals surface area contributed by atoms with Crippen molar-refractivity contribution in [1.82, 2.24) is 4.98 Å². The first-order chi connectivity index (χ1) is 5.18. The van der Waals surface area contributed by atoms with Gasteiger partial charge in [0.1, 0.15) is 5.75 Å². The molecule has 1 N–H and O–H groups in total. The minimum atomic E-state index is 0.588. The van der Waals surface area contributed by atoms with Gasteiger partial charge < -0.3 is 9.72 Å². The van der Waals surface area contributed by atoms with E-state index in [1.54, 1.807) is 0 Å². The normalized spacial score (nSPS) is 10.5. The fraction of sp³-hybridized carbons (Fsp3) is 0.556. The molecule has 11 heavy (non-hydrogen) atoms. The highest BCUT2D eigenvalue weighted by Crippen LogP contribution is 2.12. The molecule has 0 unspecified atom stereocenters. The van der Waals surface area contributed by atoms with E-state index in [2.05, 4.69) is 18.8 Å². The van der Waals surface area contributed by atoms with Crippen molar-refractivity contribution in [2.24, 2.45) is 5.92 Å². The maximum atomic E-state index is 5.46. The summed E-state index contributed by atoms with van der Waals surface area (Å²) >= 11 is 0. The highest BCUT2D eigenvalue weighted by molar-refractivity contribution is 5.21. The number of aryl methyl sites for hydroxylation is 1. The molecule has 2 nitrogen and oxygen atoms in total. The molecule has 62 valence electrons. The van der Waals surface area contributed by atoms with Crippen LogP contribution >= 0.6 is 0 Å². The lowest BCUT2D eigenvalue weighted by molar-refractivity contribution is 0.271. The predicted octanol–water partition coefficient (Wildman–Crippen LogP) is 2.36. The van der Waals surface area contributed by atoms with E-state index in [-0.39, 0.29) is 0 Å². The molecule has 2 heteroatoms. The number of ether oxygens (including phenoxy) is 1. The zero-order chi connectivity index (χ0) is 8.27. The standard InChI is InChI=1S/C9H15NO/c1-7(2)6-11-9-4-8(3)10-5-9/h4-5,7,10H,6H2,1-3H3. The van der Waals surface area contributed by atoms with Gasteiger partial charge in [0.05, 0.1) is 6.61 Å². The lowest BCUT2D eigenvalue weighted by Crippen LogP contribution is -2.03. The van der Waals surface area contributed by atoms with Gasteiger partial charge in [-0.3, -0.25) is 0 Å². The van der Waals surface area contributed by atoms with E-state index in [1.165, 1.54) is 0 Å². The first-order valence-corrected chi connectivity index (χ1v) is 3.96. The highest BCUT2D eigenvalue weighted by atomic mass is 16.5. The molecule has 0 aliphatic heterocycles. The Morgan fingerprint density at radius 1 is 1.55 bits per heavy atom. The van der Waals surface area contributed by atoms with Gasteiger partial charge >= 0.3 is 0 Å². The lowest BCUT2D eigenvalue weighted by Gasteiger charge is -2.05. The first-order valence-electron chi connectivity index (χ1n) is 3.96. The third-order valence-corrected chi connectivity index (χ3v) is 1.38. The van der Waals surface area contributed by atoms with E-state index in [1.807, 2.05) is 19.2 Å². The summed E-state index contributed by atoms with van der Waals surface area (Å²) in [6, 6.07) is 2.00. The molecule has 0 saturated heterocycles. The third kappa shape index (κ3) is 2.66. The molecule has 1 rings (SSSR count). The van der Waals surface area contributed by atoms with Crippen LogP contribution in [-0.4, -0.2) is 11.6 Å². The average molecular weight is 153 g/mol. The minimum Gasteiger partial charge on any atom is -0.492 e. The molecule has 0 bridgehead atoms. The van der Waals surface area contributed by atoms with Gasteiger partial charge in [-0.25, -0.2) is 0 Å². The smallest absolute Gasteiger partial charge is 0.136 e. The number of hydrogen-bond donors (Lipinski definition) is 1. The number of nitrogens with one attached hydrogen (secondary N) is 1. The molecule has 0 saturated carbocycles. The fourth-order valence-corrected chi connectivity index (χ4v) is 0.828. The number of aromatic nitrogens is 1. The molecule has 0 fully saturated rings. The van der Waals surface area contributed by atoms with Gasteiger partial charge in [0.15, 0.2) is 0 Å². The van der Waals surface area contributed by atoms with Gasteiger partial charge in [-0.15, -0.1) is 0 Å². The maximum Gasteiger partial charge on any atom is 0.136 e. The third-order valence-electron chi connectivity index (χ3n) is 1.38. The Kier molecular flexibility index (Phi) is 2.58. The highest BCUT2D eigenvalue weighted by Gasteiger charge is 1.97. The quantitative estimate of drug-likeness (QED) is 0.708. The minimum absolute atomic E-state index is 0.588. The summed E-state index contributed by atoms with van der Waals surface area (Å²) in [7, 11) is 0. The second-order valence-electron chi connectivity index (χ2n) is 3.22. The van der Waals surface area contributed by atoms with E-state index in [0.29, 0.717) is 5.92 Å². The lowest BCUT2D eigenvalue weighted by atomic mass is 10.2. The number of rotatable bonds is 3. The van der Waals surface area contributed by atoms with Crippen molar-refractivity contribution in [1.29, 1.82) is 0 Å². The Morgan fingerprint density at radius 2 is 2.27 bits per heavy atom. The Morgan fingerprint density at radius 3 is 2.73 bits per heavy atom. The van der Waals surface area contributed by atoms with Gasteiger partial charge in [0.2, 0.25) is 0 Å². The Labute approximate surface area is 67.6 Å². The van der Waals surface area contributed by atoms with Gasteiger partial charge in [-0.1, -0.05) is 13.8 Å². The molecule has 1 aromatic heterocycles. The van der Waals surface area contributed by atoms with E-state index < -0.39 is 0 Å². The van der Waals surface area contributed by atoms with Gasteiger partial charge in [-0.05, 0) is 12.8 Å². The van der Waals surface area contributed by atoms with Crippen molar-refractivity contribution in [3.8, 4) is 5.75 Å². The van der Waals surface area contributed by atoms with Crippen molar-refractivity contribution < 1.29 is 4.74 Å². The van der Waals surface area contributed by atoms with Crippen molar-refractivity contribution in [3.05, 3.63) is 18.0 Å². The number of aromatic amines is 1. The van der Waals surface area contributed by atoms with Crippen molar-refractivity contribution in [2.75, 3.05) is 6.61 Å². The van der Waals surface area contributed by atoms with Gasteiger partial charge in [0, 0.05) is 18.0 Å². The molecule has 0 spiro atoms. The molecule has 1 heterocycles. The van der Waals surface area contributed by atoms with Crippen LogP contribution in [-0.2, 0) is 0 Å². The summed E-state index contributed by atoms with van der Waals surface area (Å²) in [6.45, 7) is 7.08. The topological polar surface area (TPSA) is 25.0 Å². The second kappa shape index (κ2) is 3.46. The molecule has 0 aliphatic carbocycles. The summed E-state index contributed by atoms with van der Waals surface area (Å²) in [4.78, 5) is 3.07. The van der Waals surface area contributed by atoms with Crippen LogP contribution in [0.5, 0.6) is 5.75 Å². The monoisotopic (exact) mass is 153 g/mol. The average Bonchev–Trinajstić information content (AvgIpc) is 2.31. The van der Waals surface area contributed by atoms with Crippen LogP contribution in [0, 0.1) is 12.8 Å². The zero-order valence-electron chi connectivity index (χ0n) is 7.35. The second-order valence-corrected chi connectivity index (χ2v) is 3.22. The van der Waals surface area contributed by atoms with E-state index in [0.717, 1.165) is 18.1 Å². The molecular weight excluding hydrogens is 138 g/mol. The molecular formula is C9H15NO. The molecule has 0 atom stereocenters. The van der Waals surface area contributed by atoms with Crippen molar-refractivity contribution in [2.45, 2.75) is 20.8 Å². The predicted molar refractivity (Wildman–Crippen MR) is 45.9 cm³/mol. The van der Waals surface area contributed by atoms with Crippen LogP contribution in [0.4, 0.5) is 0 Å². The number of H-pyrrole nitrogens is 1. The summed E-state index contributed by atoms with van der Waals surface area (Å²) in [5.74, 6) is 1.53. The van der Waals surface area contributed by atoms with Crippen LogP contribution in [0.25, 0.3) is 0 Å². The molecule has 0 aromatic carbocycles. The van der Waals surface area contributed by atoms with Gasteiger partial charge in [-0.2, -0.15) is 0 Å². The van der Waals surface area contributed by atoms with Crippen LogP contribution < -0.4 is 4.74 Å². The van der Waals surface area contributed by atoms with Crippen LogP contribution in [0.1, 0.15) is 19.5 Å². The Bertz CT molecular complexity index is 215. The van der Waals surface area contributed by atoms with Crippen molar-refractivity contribution in [3.63, 3.8) is 0 Å². The molecule has 0 aliphatic rings. The first kappa shape index (κ1) is 8.18. The molecule has 1 aromatic rings. The number of hydrogen-bond acceptors (Lipinski definition) is 1. The largest absolute Gasteiger partial charge is 0.492 e. The zero-order valence-corrected chi connectivity index (χ0v) is 7.35. The molecule has 0 amide bonds. The Balaban J connectivity index is 2.39. The van der Waals surface area contributed by atoms with E-state index in [9.17, 15) is 0 Å². The summed E-state index contributed by atoms with van der Waals surface area (Å²) in [5, 5.41) is 0. The molecule has 0 radical (unpaired) electrons. The van der Waals surface area contributed by atoms with Crippen molar-refractivity contribution >= 4 is 0 Å². The van der Waals surface area contributed by atoms with Crippen LogP contribution in [0.15, 0.2) is 12.3 Å². The maximum absolute atomic E-state index is 5.46. The summed E-state index contributed by atoms with van der Waals surface area (Å²) < 4.78 is 5.46. The van der Waals surface area contributed by atoms with E-state index in [4.69, 9.17) is 4.74 Å². The fourth-order valence-electron chi connectivity index (χ4n) is 0.828. The van der Waals surface area contributed by atoms with E-state index >= 15 is 0 Å². The summed E-state index contributed by atoms with van der Waals surface area (Å²) in [5.41, 5.74) is 1.14. The van der Waals surface area contributed by atoms with Crippen LogP contribution in [0.2, 0.25) is 0 Å². The van der Waals surface area contributed by atoms with Gasteiger partial charge in [0.25, 0.3) is 0 Å². The summed E-state index contributed by atoms with van der Waals surface area (Å²) in [6.07, 6.45) is 1.89. The Hall–Kier alpha value is -0.920.